The number of hydrogen-bond acceptors (Lipinski definition) is 3. The Morgan fingerprint density at radius 3 is 2.43 bits per heavy atom. The first-order valence-corrected chi connectivity index (χ1v) is 7.65. The van der Waals surface area contributed by atoms with Crippen LogP contribution in [0, 0.1) is 5.92 Å². The summed E-state index contributed by atoms with van der Waals surface area (Å²) >= 11 is 0. The fourth-order valence-electron chi connectivity index (χ4n) is 2.77. The van der Waals surface area contributed by atoms with Gasteiger partial charge in [0.15, 0.2) is 0 Å². The zero-order valence-electron chi connectivity index (χ0n) is 13.0. The first-order chi connectivity index (χ1) is 11.0. The molecule has 23 heavy (non-hydrogen) atoms. The van der Waals surface area contributed by atoms with Crippen molar-refractivity contribution in [3.05, 3.63) is 53.3 Å². The van der Waals surface area contributed by atoms with Crippen LogP contribution in [0.25, 0.3) is 0 Å². The molecule has 120 valence electrons. The van der Waals surface area contributed by atoms with Crippen molar-refractivity contribution in [3.8, 4) is 0 Å². The Balaban J connectivity index is 1.62. The molecule has 1 aromatic heterocycles. The quantitative estimate of drug-likeness (QED) is 0.916. The molecule has 3 rings (SSSR count). The molecular formula is C17H19N3O3. The first-order valence-electron chi connectivity index (χ1n) is 7.65. The Morgan fingerprint density at radius 1 is 1.26 bits per heavy atom. The molecule has 0 bridgehead atoms. The van der Waals surface area contributed by atoms with Crippen LogP contribution in [0.2, 0.25) is 0 Å². The SMILES string of the molecule is C[C@H]1CCN(Cc2ccc(Cn3cc(C(=O)O)cn3)cc2)C1=O. The van der Waals surface area contributed by atoms with Gasteiger partial charge in [-0.2, -0.15) is 5.10 Å². The molecule has 0 unspecified atom stereocenters. The molecule has 1 amide bonds. The highest BCUT2D eigenvalue weighted by atomic mass is 16.4. The number of aromatic nitrogens is 2. The zero-order valence-corrected chi connectivity index (χ0v) is 13.0. The molecule has 1 fully saturated rings. The predicted octanol–water partition coefficient (Wildman–Crippen LogP) is 2.00. The summed E-state index contributed by atoms with van der Waals surface area (Å²) in [6.45, 7) is 3.97. The van der Waals surface area contributed by atoms with Crippen LogP contribution in [-0.4, -0.2) is 38.2 Å². The lowest BCUT2D eigenvalue weighted by Gasteiger charge is -2.16. The van der Waals surface area contributed by atoms with Crippen molar-refractivity contribution in [1.29, 1.82) is 0 Å². The van der Waals surface area contributed by atoms with Gasteiger partial charge in [-0.1, -0.05) is 31.2 Å². The van der Waals surface area contributed by atoms with Crippen molar-refractivity contribution in [1.82, 2.24) is 14.7 Å². The minimum Gasteiger partial charge on any atom is -0.478 e. The molecule has 0 spiro atoms. The third-order valence-electron chi connectivity index (χ3n) is 4.19. The van der Waals surface area contributed by atoms with Gasteiger partial charge in [0.1, 0.15) is 0 Å². The molecule has 0 radical (unpaired) electrons. The van der Waals surface area contributed by atoms with E-state index in [0.717, 1.165) is 24.1 Å². The highest BCUT2D eigenvalue weighted by Gasteiger charge is 2.27. The van der Waals surface area contributed by atoms with Crippen molar-refractivity contribution >= 4 is 11.9 Å². The van der Waals surface area contributed by atoms with E-state index in [0.29, 0.717) is 13.1 Å². The van der Waals surface area contributed by atoms with Gasteiger partial charge in [-0.25, -0.2) is 4.79 Å². The van der Waals surface area contributed by atoms with E-state index in [1.807, 2.05) is 36.1 Å². The topological polar surface area (TPSA) is 75.4 Å². The fourth-order valence-corrected chi connectivity index (χ4v) is 2.77. The Kier molecular flexibility index (Phi) is 4.14. The second kappa shape index (κ2) is 6.24. The maximum atomic E-state index is 11.9. The highest BCUT2D eigenvalue weighted by Crippen LogP contribution is 2.19. The van der Waals surface area contributed by atoms with Gasteiger partial charge in [-0.05, 0) is 17.5 Å². The molecule has 1 aromatic carbocycles. The first kappa shape index (κ1) is 15.3. The van der Waals surface area contributed by atoms with Crippen molar-refractivity contribution in [2.75, 3.05) is 6.54 Å². The lowest BCUT2D eigenvalue weighted by molar-refractivity contribution is -0.131. The molecular weight excluding hydrogens is 294 g/mol. The average molecular weight is 313 g/mol. The Hall–Kier alpha value is -2.63. The number of carbonyl (C=O) groups is 2. The molecule has 0 aliphatic carbocycles. The molecule has 1 N–H and O–H groups in total. The van der Waals surface area contributed by atoms with Crippen molar-refractivity contribution in [2.45, 2.75) is 26.4 Å². The Morgan fingerprint density at radius 2 is 1.91 bits per heavy atom. The van der Waals surface area contributed by atoms with Crippen molar-refractivity contribution in [3.63, 3.8) is 0 Å². The number of carboxylic acids is 1. The summed E-state index contributed by atoms with van der Waals surface area (Å²) < 4.78 is 1.60. The molecule has 0 saturated carbocycles. The van der Waals surface area contributed by atoms with Crippen LogP contribution in [0.4, 0.5) is 0 Å². The molecule has 2 heterocycles. The predicted molar refractivity (Wildman–Crippen MR) is 83.9 cm³/mol. The van der Waals surface area contributed by atoms with Crippen molar-refractivity contribution in [2.24, 2.45) is 5.92 Å². The van der Waals surface area contributed by atoms with Crippen LogP contribution in [0.5, 0.6) is 0 Å². The molecule has 1 saturated heterocycles. The second-order valence-electron chi connectivity index (χ2n) is 6.00. The maximum Gasteiger partial charge on any atom is 0.338 e. The molecule has 6 nitrogen and oxygen atoms in total. The largest absolute Gasteiger partial charge is 0.478 e. The number of hydrogen-bond donors (Lipinski definition) is 1. The van der Waals surface area contributed by atoms with Gasteiger partial charge in [0.2, 0.25) is 5.91 Å². The molecule has 2 aromatic rings. The second-order valence-corrected chi connectivity index (χ2v) is 6.00. The third kappa shape index (κ3) is 3.41. The van der Waals surface area contributed by atoms with E-state index in [1.165, 1.54) is 12.4 Å². The fraction of sp³-hybridized carbons (Fsp3) is 0.353. The van der Waals surface area contributed by atoms with Gasteiger partial charge in [-0.15, -0.1) is 0 Å². The van der Waals surface area contributed by atoms with Gasteiger partial charge in [0.05, 0.1) is 18.3 Å². The lowest BCUT2D eigenvalue weighted by atomic mass is 10.1. The van der Waals surface area contributed by atoms with E-state index < -0.39 is 5.97 Å². The minimum absolute atomic E-state index is 0.137. The van der Waals surface area contributed by atoms with E-state index in [9.17, 15) is 9.59 Å². The Bertz CT molecular complexity index is 721. The number of nitrogens with zero attached hydrogens (tertiary/aromatic N) is 3. The number of rotatable bonds is 5. The van der Waals surface area contributed by atoms with E-state index in [4.69, 9.17) is 5.11 Å². The van der Waals surface area contributed by atoms with Gasteiger partial charge in [-0.3, -0.25) is 9.48 Å². The van der Waals surface area contributed by atoms with E-state index in [2.05, 4.69) is 5.10 Å². The minimum atomic E-state index is -0.976. The molecule has 6 heteroatoms. The number of aromatic carboxylic acids is 1. The maximum absolute atomic E-state index is 11.9. The van der Waals surface area contributed by atoms with Gasteiger partial charge in [0, 0.05) is 25.2 Å². The standard InChI is InChI=1S/C17H19N3O3/c1-12-6-7-19(16(12)21)9-13-2-4-14(5-3-13)10-20-11-15(8-18-20)17(22)23/h2-5,8,11-12H,6-7,9-10H2,1H3,(H,22,23)/t12-/m0/s1. The van der Waals surface area contributed by atoms with Crippen LogP contribution in [-0.2, 0) is 17.9 Å². The molecule has 1 aliphatic heterocycles. The zero-order chi connectivity index (χ0) is 16.4. The van der Waals surface area contributed by atoms with E-state index in [-0.39, 0.29) is 17.4 Å². The van der Waals surface area contributed by atoms with Crippen LogP contribution in [0.3, 0.4) is 0 Å². The summed E-state index contributed by atoms with van der Waals surface area (Å²) in [6.07, 6.45) is 3.79. The lowest BCUT2D eigenvalue weighted by Crippen LogP contribution is -2.26. The van der Waals surface area contributed by atoms with E-state index in [1.54, 1.807) is 4.68 Å². The van der Waals surface area contributed by atoms with Crippen LogP contribution >= 0.6 is 0 Å². The van der Waals surface area contributed by atoms with Crippen LogP contribution < -0.4 is 0 Å². The van der Waals surface area contributed by atoms with Gasteiger partial charge in [0.25, 0.3) is 0 Å². The average Bonchev–Trinajstić information content (AvgIpc) is 3.11. The van der Waals surface area contributed by atoms with Gasteiger partial charge < -0.3 is 10.0 Å². The summed E-state index contributed by atoms with van der Waals surface area (Å²) in [5.74, 6) is -0.611. The number of carboxylic acid groups (broad SMARTS) is 1. The number of likely N-dealkylation sites (tertiary alicyclic amines) is 1. The normalized spacial score (nSPS) is 17.7. The summed E-state index contributed by atoms with van der Waals surface area (Å²) in [5, 5.41) is 12.9. The highest BCUT2D eigenvalue weighted by molar-refractivity contribution is 5.86. The summed E-state index contributed by atoms with van der Waals surface area (Å²) in [4.78, 5) is 24.7. The summed E-state index contributed by atoms with van der Waals surface area (Å²) in [7, 11) is 0. The van der Waals surface area contributed by atoms with E-state index >= 15 is 0 Å². The van der Waals surface area contributed by atoms with Crippen LogP contribution in [0.1, 0.15) is 34.8 Å². The van der Waals surface area contributed by atoms with Crippen molar-refractivity contribution < 1.29 is 14.7 Å². The summed E-state index contributed by atoms with van der Waals surface area (Å²) in [6, 6.07) is 7.99. The third-order valence-corrected chi connectivity index (χ3v) is 4.19. The van der Waals surface area contributed by atoms with Gasteiger partial charge >= 0.3 is 5.97 Å². The molecule has 1 atom stereocenters. The number of amides is 1. The smallest absolute Gasteiger partial charge is 0.338 e. The Labute approximate surface area is 134 Å². The summed E-state index contributed by atoms with van der Waals surface area (Å²) in [5.41, 5.74) is 2.32. The molecule has 1 aliphatic rings. The van der Waals surface area contributed by atoms with Crippen LogP contribution in [0.15, 0.2) is 36.7 Å². The number of carbonyl (C=O) groups excluding carboxylic acids is 1. The number of benzene rings is 1. The monoisotopic (exact) mass is 313 g/mol.